The van der Waals surface area contributed by atoms with E-state index < -0.39 is 0 Å². The van der Waals surface area contributed by atoms with Gasteiger partial charge in [-0.05, 0) is 55.7 Å². The molecule has 2 aromatic carbocycles. The number of ether oxygens (including phenoxy) is 1. The molecule has 0 spiro atoms. The standard InChI is InChI=1S/C20H21ClN2O/c1-11-8-12(2)18-15(9-11)14-6-7-22-19(20(14)23-18)16-10-13(21)4-5-17(16)24-3/h4-5,8-10,19,22-23H,6-7H2,1-3H3. The van der Waals surface area contributed by atoms with Crippen molar-refractivity contribution in [3.63, 3.8) is 0 Å². The minimum absolute atomic E-state index is 0.0644. The number of rotatable bonds is 2. The molecule has 3 aromatic rings. The molecule has 0 amide bonds. The first-order valence-corrected chi connectivity index (χ1v) is 8.65. The number of aryl methyl sites for hydroxylation is 2. The second kappa shape index (κ2) is 5.83. The van der Waals surface area contributed by atoms with Crippen molar-refractivity contribution >= 4 is 22.5 Å². The maximum Gasteiger partial charge on any atom is 0.124 e. The first kappa shape index (κ1) is 15.6. The molecular formula is C20H21ClN2O. The van der Waals surface area contributed by atoms with Crippen LogP contribution in [0.25, 0.3) is 10.9 Å². The molecule has 4 heteroatoms. The van der Waals surface area contributed by atoms with E-state index in [0.717, 1.165) is 29.3 Å². The summed E-state index contributed by atoms with van der Waals surface area (Å²) < 4.78 is 5.57. The normalized spacial score (nSPS) is 17.1. The molecule has 0 radical (unpaired) electrons. The SMILES string of the molecule is COc1ccc(Cl)cc1C1NCCc2c1[nH]c1c(C)cc(C)cc21. The fourth-order valence-corrected chi connectivity index (χ4v) is 4.06. The molecule has 4 rings (SSSR count). The summed E-state index contributed by atoms with van der Waals surface area (Å²) in [4.78, 5) is 3.67. The zero-order chi connectivity index (χ0) is 16.8. The van der Waals surface area contributed by atoms with E-state index in [1.54, 1.807) is 7.11 Å². The maximum absolute atomic E-state index is 6.25. The molecule has 1 aromatic heterocycles. The van der Waals surface area contributed by atoms with Gasteiger partial charge in [0.15, 0.2) is 0 Å². The van der Waals surface area contributed by atoms with Crippen molar-refractivity contribution in [2.24, 2.45) is 0 Å². The Morgan fingerprint density at radius 2 is 2.00 bits per heavy atom. The average molecular weight is 341 g/mol. The molecule has 124 valence electrons. The first-order chi connectivity index (χ1) is 11.6. The Bertz CT molecular complexity index is 929. The number of H-pyrrole nitrogens is 1. The minimum atomic E-state index is 0.0644. The lowest BCUT2D eigenvalue weighted by Crippen LogP contribution is -2.30. The summed E-state index contributed by atoms with van der Waals surface area (Å²) >= 11 is 6.25. The highest BCUT2D eigenvalue weighted by Gasteiger charge is 2.28. The van der Waals surface area contributed by atoms with Gasteiger partial charge in [-0.3, -0.25) is 0 Å². The monoisotopic (exact) mass is 340 g/mol. The van der Waals surface area contributed by atoms with Crippen LogP contribution < -0.4 is 10.1 Å². The van der Waals surface area contributed by atoms with Crippen LogP contribution in [0.3, 0.4) is 0 Å². The topological polar surface area (TPSA) is 37.0 Å². The molecule has 0 fully saturated rings. The predicted molar refractivity (Wildman–Crippen MR) is 99.3 cm³/mol. The molecule has 24 heavy (non-hydrogen) atoms. The van der Waals surface area contributed by atoms with Gasteiger partial charge in [0.1, 0.15) is 5.75 Å². The molecule has 1 aliphatic rings. The number of hydrogen-bond acceptors (Lipinski definition) is 2. The van der Waals surface area contributed by atoms with Crippen molar-refractivity contribution < 1.29 is 4.74 Å². The summed E-state index contributed by atoms with van der Waals surface area (Å²) in [6, 6.07) is 10.4. The van der Waals surface area contributed by atoms with E-state index in [1.807, 2.05) is 18.2 Å². The van der Waals surface area contributed by atoms with E-state index in [9.17, 15) is 0 Å². The number of aromatic nitrogens is 1. The molecule has 2 heterocycles. The van der Waals surface area contributed by atoms with Gasteiger partial charge in [-0.25, -0.2) is 0 Å². The minimum Gasteiger partial charge on any atom is -0.496 e. The van der Waals surface area contributed by atoms with E-state index in [4.69, 9.17) is 16.3 Å². The first-order valence-electron chi connectivity index (χ1n) is 8.27. The molecule has 1 unspecified atom stereocenters. The van der Waals surface area contributed by atoms with E-state index in [-0.39, 0.29) is 6.04 Å². The highest BCUT2D eigenvalue weighted by atomic mass is 35.5. The highest BCUT2D eigenvalue weighted by Crippen LogP contribution is 2.38. The summed E-state index contributed by atoms with van der Waals surface area (Å²) in [6.07, 6.45) is 1.03. The van der Waals surface area contributed by atoms with Gasteiger partial charge in [0.25, 0.3) is 0 Å². The zero-order valence-electron chi connectivity index (χ0n) is 14.2. The van der Waals surface area contributed by atoms with Gasteiger partial charge in [0, 0.05) is 33.7 Å². The number of benzene rings is 2. The third-order valence-electron chi connectivity index (χ3n) is 4.90. The van der Waals surface area contributed by atoms with Gasteiger partial charge in [0.2, 0.25) is 0 Å². The lowest BCUT2D eigenvalue weighted by atomic mass is 9.93. The van der Waals surface area contributed by atoms with Crippen molar-refractivity contribution in [3.05, 3.63) is 63.3 Å². The highest BCUT2D eigenvalue weighted by molar-refractivity contribution is 6.30. The van der Waals surface area contributed by atoms with Gasteiger partial charge in [-0.2, -0.15) is 0 Å². The Hall–Kier alpha value is -1.97. The number of methoxy groups -OCH3 is 1. The van der Waals surface area contributed by atoms with Crippen LogP contribution >= 0.6 is 11.6 Å². The van der Waals surface area contributed by atoms with Gasteiger partial charge in [-0.15, -0.1) is 0 Å². The Kier molecular flexibility index (Phi) is 3.78. The van der Waals surface area contributed by atoms with Crippen LogP contribution in [0, 0.1) is 13.8 Å². The fourth-order valence-electron chi connectivity index (χ4n) is 3.88. The largest absolute Gasteiger partial charge is 0.496 e. The predicted octanol–water partition coefficient (Wildman–Crippen LogP) is 4.68. The molecule has 0 bridgehead atoms. The molecule has 0 aliphatic carbocycles. The quantitative estimate of drug-likeness (QED) is 0.710. The van der Waals surface area contributed by atoms with Crippen LogP contribution in [0.4, 0.5) is 0 Å². The average Bonchev–Trinajstić information content (AvgIpc) is 2.94. The van der Waals surface area contributed by atoms with Crippen LogP contribution in [0.5, 0.6) is 5.75 Å². The lowest BCUT2D eigenvalue weighted by Gasteiger charge is -2.26. The third-order valence-corrected chi connectivity index (χ3v) is 5.14. The molecular weight excluding hydrogens is 320 g/mol. The molecule has 2 N–H and O–H groups in total. The van der Waals surface area contributed by atoms with Crippen LogP contribution in [0.15, 0.2) is 30.3 Å². The zero-order valence-corrected chi connectivity index (χ0v) is 14.9. The van der Waals surface area contributed by atoms with E-state index >= 15 is 0 Å². The summed E-state index contributed by atoms with van der Waals surface area (Å²) in [5.41, 5.74) is 7.54. The number of aromatic amines is 1. The summed E-state index contributed by atoms with van der Waals surface area (Å²) in [7, 11) is 1.70. The van der Waals surface area contributed by atoms with Gasteiger partial charge >= 0.3 is 0 Å². The van der Waals surface area contributed by atoms with E-state index in [2.05, 4.69) is 36.3 Å². The number of fused-ring (bicyclic) bond motifs is 3. The van der Waals surface area contributed by atoms with Gasteiger partial charge < -0.3 is 15.0 Å². The summed E-state index contributed by atoms with van der Waals surface area (Å²) in [5, 5.41) is 5.69. The summed E-state index contributed by atoms with van der Waals surface area (Å²) in [5.74, 6) is 0.858. The molecule has 1 aliphatic heterocycles. The Morgan fingerprint density at radius 1 is 1.17 bits per heavy atom. The molecule has 0 saturated carbocycles. The van der Waals surface area contributed by atoms with Gasteiger partial charge in [-0.1, -0.05) is 23.2 Å². The van der Waals surface area contributed by atoms with Crippen molar-refractivity contribution in [1.82, 2.24) is 10.3 Å². The molecule has 0 saturated heterocycles. The lowest BCUT2D eigenvalue weighted by molar-refractivity contribution is 0.402. The second-order valence-electron chi connectivity index (χ2n) is 6.55. The van der Waals surface area contributed by atoms with Crippen LogP contribution in [-0.4, -0.2) is 18.6 Å². The second-order valence-corrected chi connectivity index (χ2v) is 6.98. The summed E-state index contributed by atoms with van der Waals surface area (Å²) in [6.45, 7) is 5.26. The molecule has 1 atom stereocenters. The molecule has 3 nitrogen and oxygen atoms in total. The number of hydrogen-bond donors (Lipinski definition) is 2. The maximum atomic E-state index is 6.25. The van der Waals surface area contributed by atoms with Crippen molar-refractivity contribution in [1.29, 1.82) is 0 Å². The number of nitrogens with one attached hydrogen (secondary N) is 2. The van der Waals surface area contributed by atoms with E-state index in [0.29, 0.717) is 0 Å². The number of halogens is 1. The smallest absolute Gasteiger partial charge is 0.124 e. The van der Waals surface area contributed by atoms with Crippen LogP contribution in [0.2, 0.25) is 5.02 Å². The van der Waals surface area contributed by atoms with Crippen molar-refractivity contribution in [2.45, 2.75) is 26.3 Å². The van der Waals surface area contributed by atoms with Crippen LogP contribution in [-0.2, 0) is 6.42 Å². The van der Waals surface area contributed by atoms with E-state index in [1.165, 1.54) is 33.3 Å². The Morgan fingerprint density at radius 3 is 2.79 bits per heavy atom. The van der Waals surface area contributed by atoms with Crippen molar-refractivity contribution in [2.75, 3.05) is 13.7 Å². The van der Waals surface area contributed by atoms with Crippen molar-refractivity contribution in [3.8, 4) is 5.75 Å². The third kappa shape index (κ3) is 2.40. The fraction of sp³-hybridized carbons (Fsp3) is 0.300. The van der Waals surface area contributed by atoms with Gasteiger partial charge in [0.05, 0.1) is 13.2 Å². The van der Waals surface area contributed by atoms with Crippen LogP contribution in [0.1, 0.15) is 34.0 Å². The Labute approximate surface area is 147 Å². The Balaban J connectivity index is 1.94.